The average molecular weight is 588 g/mol. The molecule has 0 aliphatic rings. The molecule has 0 amide bonds. The number of hydrogen-bond acceptors (Lipinski definition) is 5. The number of rotatable bonds is 3. The van der Waals surface area contributed by atoms with E-state index in [2.05, 4.69) is 47.1 Å². The third kappa shape index (κ3) is 5.74. The van der Waals surface area contributed by atoms with Crippen LogP contribution in [0.5, 0.6) is 11.5 Å². The lowest BCUT2D eigenvalue weighted by Gasteiger charge is -2.11. The van der Waals surface area contributed by atoms with Gasteiger partial charge in [0.1, 0.15) is 11.5 Å². The summed E-state index contributed by atoms with van der Waals surface area (Å²) in [6.07, 6.45) is 3.46. The van der Waals surface area contributed by atoms with Crippen molar-refractivity contribution < 1.29 is 9.84 Å². The molecule has 0 aliphatic carbocycles. The Hall–Kier alpha value is -2.87. The SMILES string of the molecule is COc1cc(O)cc(Nc2ccnc3ccc(Br)cc23)c1.Clc1ccnc2ccc(Br)cc12. The second-order valence-corrected chi connectivity index (χ2v) is 9.26. The van der Waals surface area contributed by atoms with E-state index in [-0.39, 0.29) is 5.75 Å². The lowest BCUT2D eigenvalue weighted by molar-refractivity contribution is 0.408. The van der Waals surface area contributed by atoms with E-state index in [0.29, 0.717) is 5.75 Å². The highest BCUT2D eigenvalue weighted by Gasteiger charge is 2.06. The summed E-state index contributed by atoms with van der Waals surface area (Å²) in [4.78, 5) is 8.52. The van der Waals surface area contributed by atoms with Crippen molar-refractivity contribution >= 4 is 76.6 Å². The molecule has 0 saturated heterocycles. The third-order valence-corrected chi connectivity index (χ3v) is 6.08. The summed E-state index contributed by atoms with van der Waals surface area (Å²) in [7, 11) is 1.57. The number of hydrogen-bond donors (Lipinski definition) is 2. The zero-order valence-corrected chi connectivity index (χ0v) is 21.3. The largest absolute Gasteiger partial charge is 0.508 e. The molecule has 3 aromatic carbocycles. The Balaban J connectivity index is 0.000000183. The van der Waals surface area contributed by atoms with Crippen LogP contribution in [-0.4, -0.2) is 22.2 Å². The first-order valence-electron chi connectivity index (χ1n) is 9.82. The minimum atomic E-state index is 0.149. The third-order valence-electron chi connectivity index (χ3n) is 4.76. The number of fused-ring (bicyclic) bond motifs is 2. The second-order valence-electron chi connectivity index (χ2n) is 7.02. The number of halogens is 3. The van der Waals surface area contributed by atoms with Crippen molar-refractivity contribution in [2.24, 2.45) is 0 Å². The van der Waals surface area contributed by atoms with E-state index in [9.17, 15) is 5.11 Å². The molecular formula is C25H18Br2ClN3O2. The molecule has 0 aliphatic heterocycles. The molecule has 0 radical (unpaired) electrons. The number of anilines is 2. The molecule has 2 aromatic heterocycles. The smallest absolute Gasteiger partial charge is 0.124 e. The molecule has 5 rings (SSSR count). The fraction of sp³-hybridized carbons (Fsp3) is 0.0400. The second kappa shape index (κ2) is 10.4. The first-order chi connectivity index (χ1) is 15.9. The number of aromatic nitrogens is 2. The highest BCUT2D eigenvalue weighted by Crippen LogP contribution is 2.31. The molecular weight excluding hydrogens is 570 g/mol. The average Bonchev–Trinajstić information content (AvgIpc) is 2.80. The standard InChI is InChI=1S/C16H13BrN2O2.C9H5BrClN/c1-21-13-8-11(7-12(20)9-13)19-16-4-5-18-15-3-2-10(17)6-14(15)16;10-6-1-2-9-7(5-6)8(11)3-4-12-9/h2-9,20H,1H3,(H,18,19);1-5H. The summed E-state index contributed by atoms with van der Waals surface area (Å²) >= 11 is 12.8. The monoisotopic (exact) mass is 585 g/mol. The number of pyridine rings is 2. The van der Waals surface area contributed by atoms with Gasteiger partial charge in [0.05, 0.1) is 23.2 Å². The Morgan fingerprint density at radius 3 is 2.15 bits per heavy atom. The fourth-order valence-electron chi connectivity index (χ4n) is 3.24. The van der Waals surface area contributed by atoms with E-state index in [0.717, 1.165) is 47.1 Å². The molecule has 8 heteroatoms. The highest BCUT2D eigenvalue weighted by molar-refractivity contribution is 9.10. The molecule has 0 bridgehead atoms. The van der Waals surface area contributed by atoms with E-state index in [1.807, 2.05) is 48.5 Å². The molecule has 2 heterocycles. The van der Waals surface area contributed by atoms with Crippen LogP contribution in [0.4, 0.5) is 11.4 Å². The van der Waals surface area contributed by atoms with Crippen LogP contribution >= 0.6 is 43.5 Å². The first kappa shape index (κ1) is 23.3. The van der Waals surface area contributed by atoms with E-state index in [1.54, 1.807) is 37.7 Å². The summed E-state index contributed by atoms with van der Waals surface area (Å²) in [5.41, 5.74) is 3.48. The van der Waals surface area contributed by atoms with Crippen molar-refractivity contribution in [2.75, 3.05) is 12.4 Å². The number of nitrogens with one attached hydrogen (secondary N) is 1. The highest BCUT2D eigenvalue weighted by atomic mass is 79.9. The van der Waals surface area contributed by atoms with Crippen molar-refractivity contribution in [3.8, 4) is 11.5 Å². The van der Waals surface area contributed by atoms with E-state index < -0.39 is 0 Å². The number of nitrogens with zero attached hydrogens (tertiary/aromatic N) is 2. The van der Waals surface area contributed by atoms with Gasteiger partial charge in [-0.2, -0.15) is 0 Å². The van der Waals surface area contributed by atoms with Gasteiger partial charge in [0, 0.05) is 61.7 Å². The summed E-state index contributed by atoms with van der Waals surface area (Å²) in [6, 6.07) is 20.5. The molecule has 0 atom stereocenters. The zero-order chi connectivity index (χ0) is 23.4. The maximum atomic E-state index is 9.72. The van der Waals surface area contributed by atoms with Gasteiger partial charge in [-0.15, -0.1) is 0 Å². The topological polar surface area (TPSA) is 67.3 Å². The Labute approximate surface area is 212 Å². The van der Waals surface area contributed by atoms with Crippen LogP contribution in [0.25, 0.3) is 21.8 Å². The molecule has 0 spiro atoms. The molecule has 5 aromatic rings. The molecule has 2 N–H and O–H groups in total. The van der Waals surface area contributed by atoms with Crippen molar-refractivity contribution in [1.29, 1.82) is 0 Å². The van der Waals surface area contributed by atoms with Crippen LogP contribution in [0.3, 0.4) is 0 Å². The van der Waals surface area contributed by atoms with Crippen LogP contribution in [0.1, 0.15) is 0 Å². The number of phenols is 1. The quantitative estimate of drug-likeness (QED) is 0.223. The van der Waals surface area contributed by atoms with Crippen molar-refractivity contribution in [1.82, 2.24) is 9.97 Å². The van der Waals surface area contributed by atoms with Crippen LogP contribution in [0.2, 0.25) is 5.02 Å². The minimum absolute atomic E-state index is 0.149. The Bertz CT molecular complexity index is 1450. The summed E-state index contributed by atoms with van der Waals surface area (Å²) in [5.74, 6) is 0.744. The number of methoxy groups -OCH3 is 1. The number of phenolic OH excluding ortho intramolecular Hbond substituents is 1. The van der Waals surface area contributed by atoms with Gasteiger partial charge in [0.25, 0.3) is 0 Å². The van der Waals surface area contributed by atoms with Gasteiger partial charge in [0.2, 0.25) is 0 Å². The molecule has 33 heavy (non-hydrogen) atoms. The van der Waals surface area contributed by atoms with E-state index >= 15 is 0 Å². The number of benzene rings is 3. The maximum Gasteiger partial charge on any atom is 0.124 e. The van der Waals surface area contributed by atoms with Gasteiger partial charge < -0.3 is 15.2 Å². The van der Waals surface area contributed by atoms with E-state index in [1.165, 1.54) is 0 Å². The van der Waals surface area contributed by atoms with Crippen molar-refractivity contribution in [3.05, 3.63) is 93.1 Å². The number of aromatic hydroxyl groups is 1. The van der Waals surface area contributed by atoms with Crippen molar-refractivity contribution in [2.45, 2.75) is 0 Å². The molecule has 0 fully saturated rings. The van der Waals surface area contributed by atoms with Gasteiger partial charge in [-0.1, -0.05) is 43.5 Å². The predicted molar refractivity (Wildman–Crippen MR) is 142 cm³/mol. The molecule has 0 saturated carbocycles. The van der Waals surface area contributed by atoms with E-state index in [4.69, 9.17) is 16.3 Å². The van der Waals surface area contributed by atoms with Crippen LogP contribution < -0.4 is 10.1 Å². The first-order valence-corrected chi connectivity index (χ1v) is 11.8. The van der Waals surface area contributed by atoms with Crippen LogP contribution in [0, 0.1) is 0 Å². The summed E-state index contributed by atoms with van der Waals surface area (Å²) in [6.45, 7) is 0. The lowest BCUT2D eigenvalue weighted by atomic mass is 10.2. The zero-order valence-electron chi connectivity index (χ0n) is 17.4. The van der Waals surface area contributed by atoms with Crippen molar-refractivity contribution in [3.63, 3.8) is 0 Å². The Morgan fingerprint density at radius 1 is 0.818 bits per heavy atom. The molecule has 0 unspecified atom stereocenters. The van der Waals surface area contributed by atoms with Crippen LogP contribution in [-0.2, 0) is 0 Å². The minimum Gasteiger partial charge on any atom is -0.508 e. The molecule has 166 valence electrons. The number of ether oxygens (including phenoxy) is 1. The lowest BCUT2D eigenvalue weighted by Crippen LogP contribution is -1.93. The Morgan fingerprint density at radius 2 is 1.45 bits per heavy atom. The Kier molecular flexibility index (Phi) is 7.33. The van der Waals surface area contributed by atoms with Gasteiger partial charge in [-0.3, -0.25) is 9.97 Å². The summed E-state index contributed by atoms with van der Waals surface area (Å²) < 4.78 is 7.16. The fourth-order valence-corrected chi connectivity index (χ4v) is 4.17. The van der Waals surface area contributed by atoms with Crippen LogP contribution in [0.15, 0.2) is 88.1 Å². The van der Waals surface area contributed by atoms with Gasteiger partial charge in [0.15, 0.2) is 0 Å². The van der Waals surface area contributed by atoms with Gasteiger partial charge in [-0.25, -0.2) is 0 Å². The molecule has 5 nitrogen and oxygen atoms in total. The van der Waals surface area contributed by atoms with Gasteiger partial charge >= 0.3 is 0 Å². The normalized spacial score (nSPS) is 10.5. The van der Waals surface area contributed by atoms with Gasteiger partial charge in [-0.05, 0) is 48.5 Å². The predicted octanol–water partition coefficient (Wildman–Crippen LogP) is 8.11. The maximum absolute atomic E-state index is 9.72. The summed E-state index contributed by atoms with van der Waals surface area (Å²) in [5, 5.41) is 15.7.